The van der Waals surface area contributed by atoms with E-state index in [-0.39, 0.29) is 13.1 Å². The van der Waals surface area contributed by atoms with Crippen molar-refractivity contribution in [3.05, 3.63) is 12.2 Å². The van der Waals surface area contributed by atoms with Gasteiger partial charge in [0, 0.05) is 38.5 Å². The maximum atomic E-state index is 11.9. The van der Waals surface area contributed by atoms with E-state index >= 15 is 0 Å². The molecule has 0 rings (SSSR count). The highest BCUT2D eigenvalue weighted by molar-refractivity contribution is 7.85. The normalized spacial score (nSPS) is 11.8. The van der Waals surface area contributed by atoms with Crippen LogP contribution in [-0.4, -0.2) is 66.9 Å². The highest BCUT2D eigenvalue weighted by Gasteiger charge is 2.12. The summed E-state index contributed by atoms with van der Waals surface area (Å²) in [6.07, 6.45) is 11.7. The van der Waals surface area contributed by atoms with E-state index in [2.05, 4.69) is 6.92 Å². The van der Waals surface area contributed by atoms with Crippen LogP contribution in [0.3, 0.4) is 0 Å². The van der Waals surface area contributed by atoms with E-state index in [0.29, 0.717) is 25.7 Å². The van der Waals surface area contributed by atoms with Crippen molar-refractivity contribution in [2.75, 3.05) is 32.1 Å². The molecule has 8 nitrogen and oxygen atoms in total. The fraction of sp³-hybridized carbons (Fsp3) is 0.789. The van der Waals surface area contributed by atoms with Crippen molar-refractivity contribution in [3.8, 4) is 0 Å². The van der Waals surface area contributed by atoms with E-state index in [0.717, 1.165) is 23.8 Å². The van der Waals surface area contributed by atoms with E-state index in [1.54, 1.807) is 0 Å². The minimum atomic E-state index is -4.46. The van der Waals surface area contributed by atoms with Crippen molar-refractivity contribution < 1.29 is 32.4 Å². The Morgan fingerprint density at radius 2 is 1.50 bits per heavy atom. The van der Waals surface area contributed by atoms with Crippen molar-refractivity contribution >= 4 is 22.0 Å². The van der Waals surface area contributed by atoms with Gasteiger partial charge >= 0.3 is 5.97 Å². The average molecular weight is 421 g/mol. The molecule has 0 saturated heterocycles. The number of ether oxygens (including phenoxy) is 1. The number of carboxylic acid groups (broad SMARTS) is 1. The van der Waals surface area contributed by atoms with Gasteiger partial charge in [-0.05, 0) is 12.8 Å². The predicted molar refractivity (Wildman–Crippen MR) is 106 cm³/mol. The summed E-state index contributed by atoms with van der Waals surface area (Å²) >= 11 is 0. The summed E-state index contributed by atoms with van der Waals surface area (Å²) in [6.45, 7) is 3.16. The molecule has 0 aliphatic carbocycles. The number of rotatable bonds is 18. The molecule has 1 amide bonds. The Morgan fingerprint density at radius 1 is 0.929 bits per heavy atom. The lowest BCUT2D eigenvalue weighted by molar-refractivity contribution is -0.132. The topological polar surface area (TPSA) is 124 Å². The van der Waals surface area contributed by atoms with E-state index < -0.39 is 27.7 Å². The van der Waals surface area contributed by atoms with Gasteiger partial charge in [-0.1, -0.05) is 51.9 Å². The fourth-order valence-electron chi connectivity index (χ4n) is 2.60. The Labute approximate surface area is 168 Å². The molecule has 0 heterocycles. The molecule has 0 spiro atoms. The van der Waals surface area contributed by atoms with Crippen LogP contribution in [0.1, 0.15) is 64.7 Å². The van der Waals surface area contributed by atoms with Gasteiger partial charge < -0.3 is 19.3 Å². The first-order chi connectivity index (χ1) is 13.3. The molecule has 164 valence electrons. The van der Waals surface area contributed by atoms with Gasteiger partial charge in [0.05, 0.1) is 15.9 Å². The maximum Gasteiger partial charge on any atom is 0.328 e. The largest absolute Gasteiger partial charge is 0.748 e. The summed E-state index contributed by atoms with van der Waals surface area (Å²) in [5, 5.41) is 8.57. The summed E-state index contributed by atoms with van der Waals surface area (Å²) < 4.78 is 37.8. The second-order valence-corrected chi connectivity index (χ2v) is 8.22. The highest BCUT2D eigenvalue weighted by Crippen LogP contribution is 2.08. The molecule has 0 fully saturated rings. The first-order valence-electron chi connectivity index (χ1n) is 9.97. The lowest BCUT2D eigenvalue weighted by Gasteiger charge is -2.22. The molecule has 1 N–H and O–H groups in total. The smallest absolute Gasteiger partial charge is 0.328 e. The minimum absolute atomic E-state index is 0.190. The van der Waals surface area contributed by atoms with E-state index in [1.807, 2.05) is 0 Å². The van der Waals surface area contributed by atoms with Gasteiger partial charge in [0.25, 0.3) is 0 Å². The van der Waals surface area contributed by atoms with Crippen molar-refractivity contribution in [3.63, 3.8) is 0 Å². The van der Waals surface area contributed by atoms with Crippen LogP contribution in [0.25, 0.3) is 0 Å². The molecule has 0 aromatic rings. The zero-order valence-corrected chi connectivity index (χ0v) is 17.6. The average Bonchev–Trinajstić information content (AvgIpc) is 2.62. The zero-order chi connectivity index (χ0) is 21.3. The molecule has 28 heavy (non-hydrogen) atoms. The lowest BCUT2D eigenvalue weighted by Crippen LogP contribution is -2.35. The van der Waals surface area contributed by atoms with Gasteiger partial charge in [0.1, 0.15) is 0 Å². The second kappa shape index (κ2) is 16.5. The van der Waals surface area contributed by atoms with Gasteiger partial charge in [-0.2, -0.15) is 0 Å². The predicted octanol–water partition coefficient (Wildman–Crippen LogP) is 2.55. The maximum absolute atomic E-state index is 11.9. The number of carboxylic acids is 1. The molecular weight excluding hydrogens is 386 g/mol. The monoisotopic (exact) mass is 420 g/mol. The van der Waals surface area contributed by atoms with Gasteiger partial charge in [-0.15, -0.1) is 0 Å². The lowest BCUT2D eigenvalue weighted by atomic mass is 10.1. The van der Waals surface area contributed by atoms with Crippen LogP contribution in [0.2, 0.25) is 0 Å². The van der Waals surface area contributed by atoms with Crippen LogP contribution in [0.5, 0.6) is 0 Å². The third-order valence-electron chi connectivity index (χ3n) is 4.15. The number of hydrogen-bond donors (Lipinski definition) is 1. The number of carbonyl (C=O) groups is 2. The Morgan fingerprint density at radius 3 is 2.07 bits per heavy atom. The summed E-state index contributed by atoms with van der Waals surface area (Å²) in [5.41, 5.74) is 0. The van der Waals surface area contributed by atoms with Crippen LogP contribution in [0.15, 0.2) is 12.2 Å². The van der Waals surface area contributed by atoms with Crippen molar-refractivity contribution in [1.29, 1.82) is 0 Å². The van der Waals surface area contributed by atoms with Crippen LogP contribution in [0, 0.1) is 0 Å². The van der Waals surface area contributed by atoms with Gasteiger partial charge in [0.15, 0.2) is 0 Å². The van der Waals surface area contributed by atoms with Gasteiger partial charge in [0.2, 0.25) is 5.91 Å². The quantitative estimate of drug-likeness (QED) is 0.205. The summed E-state index contributed by atoms with van der Waals surface area (Å²) in [5.74, 6) is -2.63. The molecular formula is C19H34NO7S-. The number of carbonyl (C=O) groups excluding carboxylic acids is 1. The first-order valence-corrected chi connectivity index (χ1v) is 11.5. The van der Waals surface area contributed by atoms with Crippen molar-refractivity contribution in [2.45, 2.75) is 64.7 Å². The number of aliphatic carboxylic acids is 1. The Kier molecular flexibility index (Phi) is 15.6. The number of unbranched alkanes of at least 4 members (excludes halogenated alkanes) is 7. The number of amides is 1. The van der Waals surface area contributed by atoms with Gasteiger partial charge in [-0.3, -0.25) is 4.79 Å². The number of hydrogen-bond acceptors (Lipinski definition) is 6. The van der Waals surface area contributed by atoms with Crippen molar-refractivity contribution in [2.24, 2.45) is 0 Å². The molecule has 9 heteroatoms. The number of nitrogens with zero attached hydrogens (tertiary/aromatic N) is 1. The van der Waals surface area contributed by atoms with Crippen LogP contribution >= 0.6 is 0 Å². The van der Waals surface area contributed by atoms with Crippen LogP contribution < -0.4 is 0 Å². The summed E-state index contributed by atoms with van der Waals surface area (Å²) in [6, 6.07) is 0. The molecule has 0 unspecified atom stereocenters. The second-order valence-electron chi connectivity index (χ2n) is 6.70. The summed E-state index contributed by atoms with van der Waals surface area (Å²) in [4.78, 5) is 23.6. The van der Waals surface area contributed by atoms with Crippen LogP contribution in [-0.2, 0) is 24.4 Å². The van der Waals surface area contributed by atoms with Crippen LogP contribution in [0.4, 0.5) is 0 Å². The van der Waals surface area contributed by atoms with E-state index in [4.69, 9.17) is 9.84 Å². The molecule has 0 radical (unpaired) electrons. The zero-order valence-electron chi connectivity index (χ0n) is 16.8. The molecule has 0 atom stereocenters. The Bertz CT molecular complexity index is 561. The van der Waals surface area contributed by atoms with Crippen molar-refractivity contribution in [1.82, 2.24) is 4.90 Å². The molecule has 0 aliphatic heterocycles. The minimum Gasteiger partial charge on any atom is -0.748 e. The molecule has 0 aromatic carbocycles. The molecule has 0 bridgehead atoms. The van der Waals surface area contributed by atoms with E-state index in [1.165, 1.54) is 38.5 Å². The first kappa shape index (κ1) is 26.6. The Hall–Kier alpha value is -1.45. The SMILES string of the molecule is CCCCCCCCCCOCCCN(CCS(=O)(=O)[O-])C(=O)C=CC(=O)O. The van der Waals surface area contributed by atoms with Gasteiger partial charge in [-0.25, -0.2) is 13.2 Å². The fourth-order valence-corrected chi connectivity index (χ4v) is 3.04. The van der Waals surface area contributed by atoms with E-state index in [9.17, 15) is 22.6 Å². The molecule has 0 saturated carbocycles. The third-order valence-corrected chi connectivity index (χ3v) is 4.83. The third kappa shape index (κ3) is 17.9. The molecule has 0 aromatic heterocycles. The highest BCUT2D eigenvalue weighted by atomic mass is 32.2. The molecule has 0 aliphatic rings. The Balaban J connectivity index is 3.97. The standard InChI is InChI=1S/C19H35NO7S/c1-2-3-4-5-6-7-8-9-15-27-16-10-13-20(14-17-28(24,25)26)18(21)11-12-19(22)23/h11-12H,2-10,13-17H2,1H3,(H,22,23)(H,24,25,26)/p-1. The summed E-state index contributed by atoms with van der Waals surface area (Å²) in [7, 11) is -4.46.